The third-order valence-electron chi connectivity index (χ3n) is 6.97. The van der Waals surface area contributed by atoms with Gasteiger partial charge in [0.05, 0.1) is 17.2 Å². The molecule has 0 spiro atoms. The summed E-state index contributed by atoms with van der Waals surface area (Å²) in [4.78, 5) is 23.3. The Morgan fingerprint density at radius 3 is 2.58 bits per heavy atom. The number of nitrogens with zero attached hydrogens (tertiary/aromatic N) is 2. The van der Waals surface area contributed by atoms with E-state index in [4.69, 9.17) is 0 Å². The number of pyridine rings is 1. The molecule has 0 aliphatic heterocycles. The lowest BCUT2D eigenvalue weighted by atomic mass is 9.49. The van der Waals surface area contributed by atoms with Crippen LogP contribution >= 0.6 is 0 Å². The monoisotopic (exact) mass is 322 g/mol. The van der Waals surface area contributed by atoms with Crippen molar-refractivity contribution in [2.75, 3.05) is 0 Å². The number of rotatable bonds is 2. The Morgan fingerprint density at radius 2 is 1.88 bits per heavy atom. The van der Waals surface area contributed by atoms with Gasteiger partial charge in [-0.25, -0.2) is 9.78 Å². The van der Waals surface area contributed by atoms with Crippen LogP contribution in [0.2, 0.25) is 0 Å². The van der Waals surface area contributed by atoms with Crippen molar-refractivity contribution in [2.24, 2.45) is 23.2 Å². The molecule has 4 aliphatic rings. The summed E-state index contributed by atoms with van der Waals surface area (Å²) in [6, 6.07) is 2.04. The Morgan fingerprint density at radius 1 is 1.17 bits per heavy atom. The molecule has 7 rings (SSSR count). The third kappa shape index (κ3) is 1.70. The molecule has 0 atom stereocenters. The lowest BCUT2D eigenvalue weighted by Gasteiger charge is -2.56. The lowest BCUT2D eigenvalue weighted by molar-refractivity contribution is -0.0617. The molecule has 124 valence electrons. The Balaban J connectivity index is 1.51. The van der Waals surface area contributed by atoms with Crippen molar-refractivity contribution in [3.05, 3.63) is 28.9 Å². The molecule has 0 aromatic carbocycles. The van der Waals surface area contributed by atoms with Crippen LogP contribution in [0.15, 0.2) is 23.3 Å². The fourth-order valence-corrected chi connectivity index (χ4v) is 6.63. The molecule has 4 aliphatic carbocycles. The van der Waals surface area contributed by atoms with E-state index in [0.717, 1.165) is 46.4 Å². The van der Waals surface area contributed by atoms with Crippen LogP contribution in [-0.2, 0) is 6.54 Å². The minimum absolute atomic E-state index is 0.0243. The van der Waals surface area contributed by atoms with Crippen LogP contribution < -0.4 is 5.69 Å². The summed E-state index contributed by atoms with van der Waals surface area (Å²) >= 11 is 0. The van der Waals surface area contributed by atoms with E-state index in [2.05, 4.69) is 15.0 Å². The number of imidazole rings is 1. The summed E-state index contributed by atoms with van der Waals surface area (Å²) in [5.74, 6) is 2.73. The van der Waals surface area contributed by atoms with Crippen molar-refractivity contribution < 1.29 is 0 Å². The van der Waals surface area contributed by atoms with E-state index in [1.165, 1.54) is 38.5 Å². The Kier molecular flexibility index (Phi) is 2.39. The number of hydrogen-bond donors (Lipinski definition) is 2. The second kappa shape index (κ2) is 4.32. The van der Waals surface area contributed by atoms with E-state index in [1.807, 2.05) is 16.8 Å². The third-order valence-corrected chi connectivity index (χ3v) is 6.97. The van der Waals surface area contributed by atoms with Gasteiger partial charge in [-0.05, 0) is 67.8 Å². The Bertz CT molecular complexity index is 972. The van der Waals surface area contributed by atoms with Crippen LogP contribution in [0.5, 0.6) is 0 Å². The molecule has 0 saturated heterocycles. The molecule has 3 aromatic heterocycles. The zero-order valence-electron chi connectivity index (χ0n) is 13.7. The van der Waals surface area contributed by atoms with Crippen molar-refractivity contribution >= 4 is 22.1 Å². The molecule has 3 heterocycles. The van der Waals surface area contributed by atoms with Crippen LogP contribution in [0, 0.1) is 23.2 Å². The SMILES string of the molecule is O=c1[nH]c2cnc3[nH]ccc3c2n1CC12CC3CC(CC(C3)C1)C2. The summed E-state index contributed by atoms with van der Waals surface area (Å²) < 4.78 is 2.01. The molecule has 5 nitrogen and oxygen atoms in total. The topological polar surface area (TPSA) is 66.5 Å². The number of aromatic amines is 2. The second-order valence-electron chi connectivity index (χ2n) is 8.69. The molecule has 0 amide bonds. The second-order valence-corrected chi connectivity index (χ2v) is 8.69. The van der Waals surface area contributed by atoms with Gasteiger partial charge in [0, 0.05) is 18.1 Å². The molecular weight excluding hydrogens is 300 g/mol. The molecule has 4 saturated carbocycles. The highest BCUT2D eigenvalue weighted by molar-refractivity contribution is 6.00. The van der Waals surface area contributed by atoms with Gasteiger partial charge in [-0.2, -0.15) is 0 Å². The standard InChI is InChI=1S/C19H22N4O/c24-18-22-15-9-21-17-14(1-2-20-17)16(15)23(18)10-19-6-11-3-12(7-19)5-13(4-11)8-19/h1-2,9,11-13H,3-8,10H2,(H,20,21)(H,22,24). The van der Waals surface area contributed by atoms with E-state index >= 15 is 0 Å². The lowest BCUT2D eigenvalue weighted by Crippen LogP contribution is -2.48. The summed E-state index contributed by atoms with van der Waals surface area (Å²) in [5, 5.41) is 1.05. The van der Waals surface area contributed by atoms with Crippen molar-refractivity contribution in [3.63, 3.8) is 0 Å². The van der Waals surface area contributed by atoms with E-state index in [9.17, 15) is 4.79 Å². The molecule has 5 heteroatoms. The summed E-state index contributed by atoms with van der Waals surface area (Å²) in [5.41, 5.74) is 3.12. The Labute approximate surface area is 139 Å². The first-order chi connectivity index (χ1) is 11.7. The highest BCUT2D eigenvalue weighted by Crippen LogP contribution is 2.60. The van der Waals surface area contributed by atoms with Gasteiger partial charge in [0.1, 0.15) is 5.65 Å². The molecule has 4 fully saturated rings. The summed E-state index contributed by atoms with van der Waals surface area (Å²) in [6.45, 7) is 0.875. The molecule has 2 N–H and O–H groups in total. The first kappa shape index (κ1) is 13.3. The maximum Gasteiger partial charge on any atom is 0.326 e. The van der Waals surface area contributed by atoms with Crippen molar-refractivity contribution in [1.82, 2.24) is 19.5 Å². The molecule has 24 heavy (non-hydrogen) atoms. The molecule has 0 radical (unpaired) electrons. The van der Waals surface area contributed by atoms with E-state index in [0.29, 0.717) is 5.41 Å². The van der Waals surface area contributed by atoms with Crippen molar-refractivity contribution in [2.45, 2.75) is 45.1 Å². The average molecular weight is 322 g/mol. The molecule has 0 unspecified atom stereocenters. The highest BCUT2D eigenvalue weighted by atomic mass is 16.1. The minimum atomic E-state index is 0.0243. The van der Waals surface area contributed by atoms with E-state index in [1.54, 1.807) is 6.20 Å². The highest BCUT2D eigenvalue weighted by Gasteiger charge is 2.51. The average Bonchev–Trinajstić information content (AvgIpc) is 3.10. The van der Waals surface area contributed by atoms with Gasteiger partial charge < -0.3 is 9.97 Å². The van der Waals surface area contributed by atoms with Gasteiger partial charge in [0.15, 0.2) is 0 Å². The zero-order valence-corrected chi connectivity index (χ0v) is 13.7. The van der Waals surface area contributed by atoms with Crippen molar-refractivity contribution in [1.29, 1.82) is 0 Å². The van der Waals surface area contributed by atoms with Gasteiger partial charge >= 0.3 is 5.69 Å². The summed E-state index contributed by atoms with van der Waals surface area (Å²) in [6.07, 6.45) is 12.0. The molecular formula is C19H22N4O. The predicted octanol–water partition coefficient (Wildman–Crippen LogP) is 3.42. The van der Waals surface area contributed by atoms with Crippen LogP contribution in [0.1, 0.15) is 38.5 Å². The van der Waals surface area contributed by atoms with Gasteiger partial charge in [-0.15, -0.1) is 0 Å². The Hall–Kier alpha value is -2.04. The van der Waals surface area contributed by atoms with E-state index in [-0.39, 0.29) is 5.69 Å². The number of fused-ring (bicyclic) bond motifs is 3. The van der Waals surface area contributed by atoms with Gasteiger partial charge in [0.2, 0.25) is 0 Å². The largest absolute Gasteiger partial charge is 0.346 e. The fourth-order valence-electron chi connectivity index (χ4n) is 6.63. The van der Waals surface area contributed by atoms with Crippen LogP contribution in [0.3, 0.4) is 0 Å². The zero-order chi connectivity index (χ0) is 15.9. The maximum atomic E-state index is 12.7. The van der Waals surface area contributed by atoms with Crippen LogP contribution in [-0.4, -0.2) is 19.5 Å². The summed E-state index contributed by atoms with van der Waals surface area (Å²) in [7, 11) is 0. The smallest absolute Gasteiger partial charge is 0.326 e. The maximum absolute atomic E-state index is 12.7. The normalized spacial score (nSPS) is 34.6. The van der Waals surface area contributed by atoms with Crippen LogP contribution in [0.25, 0.3) is 22.1 Å². The number of hydrogen-bond acceptors (Lipinski definition) is 2. The quantitative estimate of drug-likeness (QED) is 0.759. The predicted molar refractivity (Wildman–Crippen MR) is 92.8 cm³/mol. The van der Waals surface area contributed by atoms with Gasteiger partial charge in [-0.1, -0.05) is 0 Å². The van der Waals surface area contributed by atoms with Crippen LogP contribution in [0.4, 0.5) is 0 Å². The van der Waals surface area contributed by atoms with E-state index < -0.39 is 0 Å². The minimum Gasteiger partial charge on any atom is -0.346 e. The van der Waals surface area contributed by atoms with Gasteiger partial charge in [0.25, 0.3) is 0 Å². The van der Waals surface area contributed by atoms with Gasteiger partial charge in [-0.3, -0.25) is 4.57 Å². The first-order valence-corrected chi connectivity index (χ1v) is 9.24. The van der Waals surface area contributed by atoms with Crippen molar-refractivity contribution in [3.8, 4) is 0 Å². The number of aromatic nitrogens is 4. The molecule has 4 bridgehead atoms. The number of H-pyrrole nitrogens is 2. The first-order valence-electron chi connectivity index (χ1n) is 9.24. The fraction of sp³-hybridized carbons (Fsp3) is 0.579. The number of nitrogens with one attached hydrogen (secondary N) is 2. The molecule has 3 aromatic rings.